The Bertz CT molecular complexity index is 1560. The Kier molecular flexibility index (Phi) is 17.3. The Balaban J connectivity index is 0.000000155. The van der Waals surface area contributed by atoms with Crippen molar-refractivity contribution in [1.82, 2.24) is 0 Å². The van der Waals surface area contributed by atoms with Crippen LogP contribution >= 0.6 is 39.1 Å². The van der Waals surface area contributed by atoms with E-state index in [9.17, 15) is 0 Å². The maximum absolute atomic E-state index is 5.70. The molecule has 0 spiro atoms. The van der Waals surface area contributed by atoms with E-state index in [1.165, 1.54) is 57.9 Å². The molecule has 54 heavy (non-hydrogen) atoms. The summed E-state index contributed by atoms with van der Waals surface area (Å²) in [6.07, 6.45) is 26.4. The molecule has 296 valence electrons. The molecule has 5 aliphatic rings. The Hall–Kier alpha value is -1.22. The van der Waals surface area contributed by atoms with Gasteiger partial charge in [-0.3, -0.25) is 0 Å². The van der Waals surface area contributed by atoms with Crippen LogP contribution in [0.2, 0.25) is 0 Å². The van der Waals surface area contributed by atoms with E-state index < -0.39 is 13.5 Å². The SMILES string of the molecule is C1CCC([PH+](C2CCCCC2)C2CCCCC2)CC1.Cc1cc(C)c(N2[CH-]N(c3ccccc3)N=C2c2ccccc2)c(C)c1.[Cl][Ru]([Cl])=[CH]C1CCCS1. The van der Waals surface area contributed by atoms with Crippen molar-refractivity contribution in [3.8, 4) is 0 Å². The standard InChI is InChI=1S/C23H22N3.C18H33P.C5H8S.2ClH.Ru/c1-17-14-18(2)22(19(3)15-17)25-16-26(21-12-8-5-9-13-21)24-23(25)20-10-6-4-7-11-20;1-4-10-16(11-5-1)19(17-12-6-2-7-13-17)18-14-8-3-9-15-18;1-5-3-2-4-6-5;;;/h4-16H,1-3H3;16-18H,1-15H2;1,5H,2-4H2;2*1H;/q-1;;;;;+2/p-1. The number of aryl methyl sites for hydroxylation is 3. The number of benzene rings is 3. The first-order chi connectivity index (χ1) is 26.4. The zero-order chi connectivity index (χ0) is 37.7. The van der Waals surface area contributed by atoms with Crippen LogP contribution in [0.5, 0.6) is 0 Å². The van der Waals surface area contributed by atoms with Crippen molar-refractivity contribution < 1.29 is 13.5 Å². The number of rotatable bonds is 7. The molecule has 4 fully saturated rings. The summed E-state index contributed by atoms with van der Waals surface area (Å²) in [6.45, 7) is 8.54. The summed E-state index contributed by atoms with van der Waals surface area (Å²) in [5, 5.41) is 7.54. The molecule has 3 aliphatic carbocycles. The van der Waals surface area contributed by atoms with Crippen molar-refractivity contribution in [1.29, 1.82) is 0 Å². The molecule has 3 nitrogen and oxygen atoms in total. The van der Waals surface area contributed by atoms with Gasteiger partial charge in [0.15, 0.2) is 0 Å². The van der Waals surface area contributed by atoms with Gasteiger partial charge in [0.25, 0.3) is 0 Å². The Labute approximate surface area is 346 Å². The van der Waals surface area contributed by atoms with E-state index in [1.54, 1.807) is 96.3 Å². The van der Waals surface area contributed by atoms with E-state index in [4.69, 9.17) is 24.5 Å². The predicted molar refractivity (Wildman–Crippen MR) is 242 cm³/mol. The number of halogens is 2. The van der Waals surface area contributed by atoms with Crippen LogP contribution in [-0.4, -0.2) is 38.4 Å². The van der Waals surface area contributed by atoms with Gasteiger partial charge in [-0.2, -0.15) is 5.10 Å². The van der Waals surface area contributed by atoms with Gasteiger partial charge >= 0.3 is 73.1 Å². The predicted octanol–water partition coefficient (Wildman–Crippen LogP) is 14.2. The average Bonchev–Trinajstić information content (AvgIpc) is 3.88. The molecular weight excluding hydrogens is 830 g/mol. The van der Waals surface area contributed by atoms with Crippen molar-refractivity contribution in [2.45, 2.75) is 152 Å². The summed E-state index contributed by atoms with van der Waals surface area (Å²) in [4.78, 5) is 2.20. The molecule has 1 atom stereocenters. The quantitative estimate of drug-likeness (QED) is 0.134. The number of hydrazone groups is 1. The number of thioether (sulfide) groups is 1. The summed E-state index contributed by atoms with van der Waals surface area (Å²) >= 11 is 0.520. The number of amidine groups is 1. The molecule has 8 heteroatoms. The van der Waals surface area contributed by atoms with Crippen LogP contribution in [-0.2, 0) is 13.5 Å². The van der Waals surface area contributed by atoms with Crippen LogP contribution in [0.15, 0.2) is 77.9 Å². The second-order valence-corrected chi connectivity index (χ2v) is 26.7. The van der Waals surface area contributed by atoms with Crippen molar-refractivity contribution >= 4 is 60.9 Å². The van der Waals surface area contributed by atoms with Gasteiger partial charge in [0, 0.05) is 24.9 Å². The topological polar surface area (TPSA) is 18.8 Å². The van der Waals surface area contributed by atoms with E-state index in [0.29, 0.717) is 5.25 Å². The average molecular weight is 894 g/mol. The maximum atomic E-state index is 5.70. The summed E-state index contributed by atoms with van der Waals surface area (Å²) in [5.74, 6) is 2.22. The third-order valence-electron chi connectivity index (χ3n) is 12.0. The fraction of sp³-hybridized carbons (Fsp3) is 0.543. The number of anilines is 2. The van der Waals surface area contributed by atoms with E-state index >= 15 is 0 Å². The zero-order valence-electron chi connectivity index (χ0n) is 33.0. The third-order valence-corrected chi connectivity index (χ3v) is 20.5. The van der Waals surface area contributed by atoms with Crippen molar-refractivity contribution in [3.63, 3.8) is 0 Å². The van der Waals surface area contributed by atoms with Crippen molar-refractivity contribution in [2.24, 2.45) is 5.10 Å². The monoisotopic (exact) mass is 893 g/mol. The first-order valence-corrected chi connectivity index (χ1v) is 29.2. The fourth-order valence-electron chi connectivity index (χ4n) is 9.65. The second-order valence-electron chi connectivity index (χ2n) is 16.1. The van der Waals surface area contributed by atoms with E-state index in [1.807, 2.05) is 41.0 Å². The molecule has 0 aromatic heterocycles. The van der Waals surface area contributed by atoms with Crippen molar-refractivity contribution in [2.75, 3.05) is 15.7 Å². The molecule has 3 saturated carbocycles. The van der Waals surface area contributed by atoms with Gasteiger partial charge in [-0.25, -0.2) is 0 Å². The van der Waals surface area contributed by atoms with Gasteiger partial charge in [0.05, 0.1) is 17.0 Å². The van der Waals surface area contributed by atoms with Crippen LogP contribution in [0.4, 0.5) is 11.4 Å². The van der Waals surface area contributed by atoms with Gasteiger partial charge in [0.1, 0.15) is 5.84 Å². The van der Waals surface area contributed by atoms with Gasteiger partial charge in [0.2, 0.25) is 0 Å². The Morgan fingerprint density at radius 1 is 0.685 bits per heavy atom. The van der Waals surface area contributed by atoms with Crippen LogP contribution < -0.4 is 9.91 Å². The van der Waals surface area contributed by atoms with Gasteiger partial charge in [-0.1, -0.05) is 85.5 Å². The molecule has 1 unspecified atom stereocenters. The van der Waals surface area contributed by atoms with Crippen LogP contribution in [0.3, 0.4) is 0 Å². The van der Waals surface area contributed by atoms with Gasteiger partial charge in [-0.05, 0) is 121 Å². The minimum atomic E-state index is -1.46. The molecule has 8 rings (SSSR count). The molecule has 2 aliphatic heterocycles. The molecule has 3 aromatic rings. The van der Waals surface area contributed by atoms with Crippen molar-refractivity contribution in [3.05, 3.63) is 102 Å². The number of hydrogen-bond donors (Lipinski definition) is 0. The molecule has 2 heterocycles. The molecule has 3 aromatic carbocycles. The molecule has 1 saturated heterocycles. The summed E-state index contributed by atoms with van der Waals surface area (Å²) in [6, 6.07) is 25.0. The zero-order valence-corrected chi connectivity index (χ0v) is 38.0. The molecule has 0 N–H and O–H groups in total. The molecular formula is C46H64Cl2N3PRuS. The van der Waals surface area contributed by atoms with E-state index in [0.717, 1.165) is 17.1 Å². The van der Waals surface area contributed by atoms with E-state index in [-0.39, 0.29) is 7.92 Å². The van der Waals surface area contributed by atoms with Crippen LogP contribution in [0.25, 0.3) is 0 Å². The Morgan fingerprint density at radius 3 is 1.65 bits per heavy atom. The Morgan fingerprint density at radius 2 is 1.19 bits per heavy atom. The molecule has 0 bridgehead atoms. The van der Waals surface area contributed by atoms with Gasteiger partial charge in [-0.15, -0.1) is 6.67 Å². The normalized spacial score (nSPS) is 21.6. The number of hydrogen-bond acceptors (Lipinski definition) is 4. The summed E-state index contributed by atoms with van der Waals surface area (Å²) < 4.78 is 2.14. The molecule has 0 radical (unpaired) electrons. The third kappa shape index (κ3) is 12.1. The van der Waals surface area contributed by atoms with Crippen LogP contribution in [0, 0.1) is 27.4 Å². The van der Waals surface area contributed by atoms with Crippen LogP contribution in [0.1, 0.15) is 131 Å². The summed E-state index contributed by atoms with van der Waals surface area (Å²) in [5.41, 5.74) is 10.8. The minimum absolute atomic E-state index is 0.0465. The van der Waals surface area contributed by atoms with E-state index in [2.05, 4.69) is 85.5 Å². The molecule has 0 amide bonds. The first kappa shape index (κ1) is 42.4. The fourth-order valence-corrected chi connectivity index (χ4v) is 19.7. The first-order valence-electron chi connectivity index (χ1n) is 20.9. The number of nitrogens with zero attached hydrogens (tertiary/aromatic N) is 3. The summed E-state index contributed by atoms with van der Waals surface area (Å²) in [7, 11) is 11.3. The number of para-hydroxylation sites is 1. The van der Waals surface area contributed by atoms with Gasteiger partial charge < -0.3 is 9.91 Å². The second kappa shape index (κ2) is 22.1.